The van der Waals surface area contributed by atoms with Crippen molar-refractivity contribution in [3.05, 3.63) is 60.1 Å². The van der Waals surface area contributed by atoms with E-state index >= 15 is 0 Å². The minimum absolute atomic E-state index is 0.0256. The number of rotatable bonds is 3. The van der Waals surface area contributed by atoms with Gasteiger partial charge in [0, 0.05) is 8.59 Å². The molecular formula is C15H8Cl3IN2O3S. The fourth-order valence-corrected chi connectivity index (χ4v) is 3.29. The second-order valence-corrected chi connectivity index (χ2v) is 7.55. The third-order valence-corrected chi connectivity index (χ3v) is 4.65. The number of aromatic carboxylic acids is 1. The summed E-state index contributed by atoms with van der Waals surface area (Å²) in [6, 6.07) is 7.52. The summed E-state index contributed by atoms with van der Waals surface area (Å²) >= 11 is 24.9. The summed E-state index contributed by atoms with van der Waals surface area (Å²) in [5.74, 6) is -1.79. The molecule has 0 atom stereocenters. The highest BCUT2D eigenvalue weighted by Crippen LogP contribution is 2.30. The van der Waals surface area contributed by atoms with Gasteiger partial charge in [-0.25, -0.2) is 4.79 Å². The van der Waals surface area contributed by atoms with Crippen LogP contribution in [0, 0.1) is 3.57 Å². The van der Waals surface area contributed by atoms with E-state index in [2.05, 4.69) is 10.6 Å². The molecule has 3 N–H and O–H groups in total. The fourth-order valence-electron chi connectivity index (χ4n) is 1.86. The summed E-state index contributed by atoms with van der Waals surface area (Å²) in [4.78, 5) is 23.6. The quantitative estimate of drug-likeness (QED) is 0.382. The molecule has 0 fully saturated rings. The molecule has 130 valence electrons. The van der Waals surface area contributed by atoms with Crippen molar-refractivity contribution >= 4 is 92.3 Å². The fraction of sp³-hybridized carbons (Fsp3) is 0. The number of hydrogen-bond donors (Lipinski definition) is 3. The molecule has 10 heteroatoms. The van der Waals surface area contributed by atoms with Gasteiger partial charge in [0.05, 0.1) is 26.9 Å². The third-order valence-electron chi connectivity index (χ3n) is 2.92. The van der Waals surface area contributed by atoms with Crippen molar-refractivity contribution < 1.29 is 14.7 Å². The van der Waals surface area contributed by atoms with Crippen molar-refractivity contribution in [1.29, 1.82) is 0 Å². The van der Waals surface area contributed by atoms with E-state index in [0.717, 1.165) is 3.57 Å². The average molecular weight is 530 g/mol. The lowest BCUT2D eigenvalue weighted by molar-refractivity contribution is 0.0697. The molecule has 0 aromatic heterocycles. The minimum atomic E-state index is -1.25. The molecule has 2 aromatic rings. The SMILES string of the molecule is O=C(NC(=S)Nc1c(Cl)cc(Cl)cc1C(=O)O)c1cc(I)ccc1Cl. The van der Waals surface area contributed by atoms with Crippen molar-refractivity contribution in [2.45, 2.75) is 0 Å². The standard InChI is InChI=1S/C15H8Cl3IN2O3S/c16-6-3-9(14(23)24)12(11(18)4-6)20-15(25)21-13(22)8-5-7(19)1-2-10(8)17/h1-5H,(H,23,24)(H2,20,21,22,25). The number of thiocarbonyl (C=S) groups is 1. The predicted octanol–water partition coefficient (Wildman–Crippen LogP) is 5.08. The van der Waals surface area contributed by atoms with Crippen LogP contribution >= 0.6 is 69.6 Å². The van der Waals surface area contributed by atoms with E-state index in [1.54, 1.807) is 18.2 Å². The van der Waals surface area contributed by atoms with E-state index in [1.165, 1.54) is 12.1 Å². The number of amides is 1. The zero-order chi connectivity index (χ0) is 18.7. The highest BCUT2D eigenvalue weighted by Gasteiger charge is 2.18. The van der Waals surface area contributed by atoms with Crippen molar-refractivity contribution in [2.75, 3.05) is 5.32 Å². The molecule has 2 rings (SSSR count). The van der Waals surface area contributed by atoms with E-state index in [0.29, 0.717) is 0 Å². The number of hydrogen-bond acceptors (Lipinski definition) is 3. The van der Waals surface area contributed by atoms with Gasteiger partial charge in [0.15, 0.2) is 5.11 Å². The first-order chi connectivity index (χ1) is 11.7. The normalized spacial score (nSPS) is 10.2. The molecule has 25 heavy (non-hydrogen) atoms. The maximum absolute atomic E-state index is 12.3. The van der Waals surface area contributed by atoms with Gasteiger partial charge in [-0.1, -0.05) is 34.8 Å². The van der Waals surface area contributed by atoms with Crippen molar-refractivity contribution in [2.24, 2.45) is 0 Å². The predicted molar refractivity (Wildman–Crippen MR) is 111 cm³/mol. The zero-order valence-corrected chi connectivity index (χ0v) is 17.3. The summed E-state index contributed by atoms with van der Waals surface area (Å²) in [6.07, 6.45) is 0. The number of carboxylic acid groups (broad SMARTS) is 1. The molecule has 0 unspecified atom stereocenters. The summed E-state index contributed by atoms with van der Waals surface area (Å²) < 4.78 is 0.819. The maximum atomic E-state index is 12.3. The van der Waals surface area contributed by atoms with E-state index in [-0.39, 0.29) is 37.0 Å². The van der Waals surface area contributed by atoms with Crippen LogP contribution in [0.1, 0.15) is 20.7 Å². The number of anilines is 1. The Labute approximate surface area is 176 Å². The molecule has 0 bridgehead atoms. The van der Waals surface area contributed by atoms with Crippen molar-refractivity contribution in [3.8, 4) is 0 Å². The molecule has 0 aliphatic rings. The molecule has 0 saturated carbocycles. The van der Waals surface area contributed by atoms with Gasteiger partial charge in [-0.05, 0) is 65.1 Å². The molecular weight excluding hydrogens is 522 g/mol. The van der Waals surface area contributed by atoms with Gasteiger partial charge in [0.25, 0.3) is 5.91 Å². The van der Waals surface area contributed by atoms with Crippen LogP contribution in [0.2, 0.25) is 15.1 Å². The van der Waals surface area contributed by atoms with Gasteiger partial charge in [-0.3, -0.25) is 10.1 Å². The molecule has 0 radical (unpaired) electrons. The number of halogens is 4. The smallest absolute Gasteiger partial charge is 0.337 e. The van der Waals surface area contributed by atoms with E-state index in [4.69, 9.17) is 47.0 Å². The highest BCUT2D eigenvalue weighted by atomic mass is 127. The van der Waals surface area contributed by atoms with Crippen LogP contribution in [0.5, 0.6) is 0 Å². The topological polar surface area (TPSA) is 78.4 Å². The van der Waals surface area contributed by atoms with Crippen LogP contribution in [-0.4, -0.2) is 22.1 Å². The van der Waals surface area contributed by atoms with Crippen LogP contribution in [0.25, 0.3) is 0 Å². The Kier molecular flexibility index (Phi) is 6.86. The highest BCUT2D eigenvalue weighted by molar-refractivity contribution is 14.1. The van der Waals surface area contributed by atoms with Gasteiger partial charge >= 0.3 is 5.97 Å². The number of benzene rings is 2. The first kappa shape index (κ1) is 20.2. The van der Waals surface area contributed by atoms with E-state index in [9.17, 15) is 14.7 Å². The molecule has 1 amide bonds. The lowest BCUT2D eigenvalue weighted by Gasteiger charge is -2.14. The zero-order valence-electron chi connectivity index (χ0n) is 12.1. The Balaban J connectivity index is 2.22. The van der Waals surface area contributed by atoms with Crippen LogP contribution < -0.4 is 10.6 Å². The van der Waals surface area contributed by atoms with Crippen LogP contribution in [0.3, 0.4) is 0 Å². The third kappa shape index (κ3) is 5.18. The second kappa shape index (κ2) is 8.50. The molecule has 0 saturated heterocycles. The Morgan fingerprint density at radius 1 is 1.04 bits per heavy atom. The van der Waals surface area contributed by atoms with Crippen LogP contribution in [-0.2, 0) is 0 Å². The average Bonchev–Trinajstić information content (AvgIpc) is 2.51. The van der Waals surface area contributed by atoms with Gasteiger partial charge in [-0.15, -0.1) is 0 Å². The molecule has 0 spiro atoms. The van der Waals surface area contributed by atoms with Crippen LogP contribution in [0.4, 0.5) is 5.69 Å². The van der Waals surface area contributed by atoms with Gasteiger partial charge in [0.2, 0.25) is 0 Å². The Hall–Kier alpha value is -1.13. The summed E-state index contributed by atoms with van der Waals surface area (Å²) in [7, 11) is 0. The Morgan fingerprint density at radius 2 is 1.72 bits per heavy atom. The molecule has 0 heterocycles. The van der Waals surface area contributed by atoms with E-state index < -0.39 is 11.9 Å². The number of carboxylic acids is 1. The van der Waals surface area contributed by atoms with Crippen LogP contribution in [0.15, 0.2) is 30.3 Å². The van der Waals surface area contributed by atoms with Gasteiger partial charge < -0.3 is 10.4 Å². The monoisotopic (exact) mass is 528 g/mol. The lowest BCUT2D eigenvalue weighted by atomic mass is 10.2. The molecule has 5 nitrogen and oxygen atoms in total. The number of nitrogens with one attached hydrogen (secondary N) is 2. The summed E-state index contributed by atoms with van der Waals surface area (Å²) in [5.41, 5.74) is 0.0809. The lowest BCUT2D eigenvalue weighted by Crippen LogP contribution is -2.34. The maximum Gasteiger partial charge on any atom is 0.337 e. The molecule has 0 aliphatic heterocycles. The largest absolute Gasteiger partial charge is 0.478 e. The van der Waals surface area contributed by atoms with E-state index in [1.807, 2.05) is 22.6 Å². The Bertz CT molecular complexity index is 893. The van der Waals surface area contributed by atoms with Crippen molar-refractivity contribution in [3.63, 3.8) is 0 Å². The van der Waals surface area contributed by atoms with Gasteiger partial charge in [0.1, 0.15) is 0 Å². The molecule has 2 aromatic carbocycles. The van der Waals surface area contributed by atoms with Crippen molar-refractivity contribution in [1.82, 2.24) is 5.32 Å². The Morgan fingerprint density at radius 3 is 2.36 bits per heavy atom. The molecule has 0 aliphatic carbocycles. The summed E-state index contributed by atoms with van der Waals surface area (Å²) in [6.45, 7) is 0. The first-order valence-corrected chi connectivity index (χ1v) is 9.11. The number of carbonyl (C=O) groups excluding carboxylic acids is 1. The minimum Gasteiger partial charge on any atom is -0.478 e. The second-order valence-electron chi connectivity index (χ2n) is 4.65. The first-order valence-electron chi connectivity index (χ1n) is 6.48. The van der Waals surface area contributed by atoms with Gasteiger partial charge in [-0.2, -0.15) is 0 Å². The summed E-state index contributed by atoms with van der Waals surface area (Å²) in [5, 5.41) is 14.6. The number of carbonyl (C=O) groups is 2.